The van der Waals surface area contributed by atoms with Gasteiger partial charge in [0.25, 0.3) is 5.89 Å². The van der Waals surface area contributed by atoms with E-state index in [4.69, 9.17) is 26.5 Å². The van der Waals surface area contributed by atoms with Crippen molar-refractivity contribution in [3.63, 3.8) is 0 Å². The maximum absolute atomic E-state index is 5.88. The van der Waals surface area contributed by atoms with Crippen LogP contribution in [-0.2, 0) is 11.2 Å². The minimum Gasteiger partial charge on any atom is -0.376 e. The van der Waals surface area contributed by atoms with Gasteiger partial charge in [-0.3, -0.25) is 0 Å². The highest BCUT2D eigenvalue weighted by molar-refractivity contribution is 7.80. The molecule has 1 N–H and O–H groups in total. The normalized spacial score (nSPS) is 21.3. The van der Waals surface area contributed by atoms with Crippen molar-refractivity contribution in [2.24, 2.45) is 0 Å². The molecule has 5 rings (SSSR count). The van der Waals surface area contributed by atoms with Gasteiger partial charge in [-0.05, 0) is 61.0 Å². The first kappa shape index (κ1) is 21.3. The second kappa shape index (κ2) is 9.13. The molecule has 2 aliphatic rings. The van der Waals surface area contributed by atoms with E-state index >= 15 is 0 Å². The lowest BCUT2D eigenvalue weighted by molar-refractivity contribution is 0.0962. The number of nitrogens with zero attached hydrogens (tertiary/aromatic N) is 3. The monoisotopic (exact) mass is 466 g/mol. The van der Waals surface area contributed by atoms with Gasteiger partial charge in [0, 0.05) is 12.3 Å². The van der Waals surface area contributed by atoms with Gasteiger partial charge in [-0.15, -0.1) is 11.3 Å². The second-order valence-corrected chi connectivity index (χ2v) is 9.46. The molecule has 0 amide bonds. The molecule has 0 spiro atoms. The molecule has 1 aromatic carbocycles. The molecule has 2 aliphatic heterocycles. The Morgan fingerprint density at radius 3 is 2.78 bits per heavy atom. The van der Waals surface area contributed by atoms with E-state index in [-0.39, 0.29) is 12.1 Å². The van der Waals surface area contributed by atoms with Crippen molar-refractivity contribution in [2.75, 3.05) is 13.2 Å². The third kappa shape index (κ3) is 4.10. The molecule has 4 heterocycles. The minimum absolute atomic E-state index is 0.161. The molecule has 2 atom stereocenters. The molecule has 0 aliphatic carbocycles. The fourth-order valence-corrected chi connectivity index (χ4v) is 5.28. The number of allylic oxidation sites excluding steroid dienone is 1. The second-order valence-electron chi connectivity index (χ2n) is 8.12. The maximum atomic E-state index is 5.88. The number of hydrogen-bond acceptors (Lipinski definition) is 6. The molecule has 166 valence electrons. The highest BCUT2D eigenvalue weighted by atomic mass is 32.1. The van der Waals surface area contributed by atoms with Crippen LogP contribution in [-0.4, -0.2) is 39.4 Å². The smallest absolute Gasteiger partial charge is 0.258 e. The van der Waals surface area contributed by atoms with Crippen molar-refractivity contribution >= 4 is 34.2 Å². The summed E-state index contributed by atoms with van der Waals surface area (Å²) in [5.41, 5.74) is 4.39. The molecular formula is C24H26N4O2S2. The van der Waals surface area contributed by atoms with Gasteiger partial charge in [-0.1, -0.05) is 42.4 Å². The molecule has 6 nitrogen and oxygen atoms in total. The highest BCUT2D eigenvalue weighted by Crippen LogP contribution is 2.38. The summed E-state index contributed by atoms with van der Waals surface area (Å²) in [5.74, 6) is 1.12. The number of benzene rings is 1. The van der Waals surface area contributed by atoms with Crippen LogP contribution in [0.2, 0.25) is 0 Å². The Morgan fingerprint density at radius 2 is 2.09 bits per heavy atom. The molecule has 32 heavy (non-hydrogen) atoms. The molecule has 2 aromatic heterocycles. The standard InChI is InChI=1S/C24H26N4O2S2/c1-3-16-8-10-17(11-9-16)21-20(23-26-22(27-30-23)19-7-5-13-32-19)15(2)28(24(31)25-21)14-18-6-4-12-29-18/h5,7-11,13,18,21H,3-4,6,12,14H2,1-2H3,(H,25,31). The largest absolute Gasteiger partial charge is 0.376 e. The van der Waals surface area contributed by atoms with Gasteiger partial charge in [-0.25, -0.2) is 0 Å². The molecule has 1 saturated heterocycles. The van der Waals surface area contributed by atoms with E-state index in [1.54, 1.807) is 11.3 Å². The SMILES string of the molecule is CCc1ccc(C2NC(=S)N(CC3CCCO3)C(C)=C2c2nc(-c3cccs3)no2)cc1. The molecule has 0 saturated carbocycles. The van der Waals surface area contributed by atoms with E-state index in [1.165, 1.54) is 5.56 Å². The van der Waals surface area contributed by atoms with Gasteiger partial charge < -0.3 is 19.5 Å². The lowest BCUT2D eigenvalue weighted by atomic mass is 9.93. The number of thiophene rings is 1. The van der Waals surface area contributed by atoms with Crippen molar-refractivity contribution in [2.45, 2.75) is 45.3 Å². The summed E-state index contributed by atoms with van der Waals surface area (Å²) in [7, 11) is 0. The van der Waals surface area contributed by atoms with Gasteiger partial charge in [0.05, 0.1) is 29.1 Å². The number of rotatable bonds is 6. The third-order valence-electron chi connectivity index (χ3n) is 6.13. The van der Waals surface area contributed by atoms with Crippen LogP contribution < -0.4 is 5.32 Å². The number of thiocarbonyl (C=S) groups is 1. The summed E-state index contributed by atoms with van der Waals surface area (Å²) in [5, 5.41) is 10.5. The summed E-state index contributed by atoms with van der Waals surface area (Å²) < 4.78 is 11.7. The zero-order valence-electron chi connectivity index (χ0n) is 18.2. The predicted molar refractivity (Wildman–Crippen MR) is 130 cm³/mol. The molecule has 3 aromatic rings. The summed E-state index contributed by atoms with van der Waals surface area (Å²) in [6.45, 7) is 5.77. The van der Waals surface area contributed by atoms with Crippen LogP contribution in [0.25, 0.3) is 16.3 Å². The van der Waals surface area contributed by atoms with Crippen LogP contribution in [0.1, 0.15) is 49.7 Å². The van der Waals surface area contributed by atoms with Crippen LogP contribution in [0, 0.1) is 0 Å². The van der Waals surface area contributed by atoms with Crippen LogP contribution in [0.5, 0.6) is 0 Å². The first-order valence-corrected chi connectivity index (χ1v) is 12.3. The first-order chi connectivity index (χ1) is 15.6. The predicted octanol–water partition coefficient (Wildman–Crippen LogP) is 5.20. The Kier molecular flexibility index (Phi) is 6.08. The van der Waals surface area contributed by atoms with Crippen LogP contribution in [0.15, 0.2) is 52.0 Å². The Morgan fingerprint density at radius 1 is 1.25 bits per heavy atom. The van der Waals surface area contributed by atoms with E-state index < -0.39 is 0 Å². The van der Waals surface area contributed by atoms with Gasteiger partial charge in [0.1, 0.15) is 0 Å². The molecular weight excluding hydrogens is 440 g/mol. The van der Waals surface area contributed by atoms with Crippen molar-refractivity contribution in [3.05, 3.63) is 64.5 Å². The van der Waals surface area contributed by atoms with E-state index in [9.17, 15) is 0 Å². The van der Waals surface area contributed by atoms with Crippen LogP contribution >= 0.6 is 23.6 Å². The van der Waals surface area contributed by atoms with E-state index in [2.05, 4.69) is 53.5 Å². The van der Waals surface area contributed by atoms with Crippen molar-refractivity contribution < 1.29 is 9.26 Å². The average molecular weight is 467 g/mol. The fourth-order valence-electron chi connectivity index (χ4n) is 4.30. The van der Waals surface area contributed by atoms with Crippen molar-refractivity contribution in [3.8, 4) is 10.7 Å². The van der Waals surface area contributed by atoms with E-state index in [0.29, 0.717) is 23.4 Å². The summed E-state index contributed by atoms with van der Waals surface area (Å²) in [4.78, 5) is 7.86. The van der Waals surface area contributed by atoms with Gasteiger partial charge >= 0.3 is 0 Å². The maximum Gasteiger partial charge on any atom is 0.258 e. The fraction of sp³-hybridized carbons (Fsp3) is 0.375. The quantitative estimate of drug-likeness (QED) is 0.501. The van der Waals surface area contributed by atoms with Gasteiger partial charge in [0.15, 0.2) is 5.11 Å². The zero-order chi connectivity index (χ0) is 22.1. The molecule has 1 fully saturated rings. The summed E-state index contributed by atoms with van der Waals surface area (Å²) in [6, 6.07) is 12.5. The van der Waals surface area contributed by atoms with Crippen LogP contribution in [0.3, 0.4) is 0 Å². The number of nitrogens with one attached hydrogen (secondary N) is 1. The number of aryl methyl sites for hydroxylation is 1. The summed E-state index contributed by atoms with van der Waals surface area (Å²) >= 11 is 7.39. The minimum atomic E-state index is -0.161. The first-order valence-electron chi connectivity index (χ1n) is 11.0. The highest BCUT2D eigenvalue weighted by Gasteiger charge is 2.35. The molecule has 0 radical (unpaired) electrons. The molecule has 8 heteroatoms. The Hall–Kier alpha value is -2.55. The molecule has 2 unspecified atom stereocenters. The Bertz CT molecular complexity index is 1120. The average Bonchev–Trinajstić information content (AvgIpc) is 3.59. The van der Waals surface area contributed by atoms with E-state index in [0.717, 1.165) is 47.6 Å². The number of hydrogen-bond donors (Lipinski definition) is 1. The Labute approximate surface area is 197 Å². The zero-order valence-corrected chi connectivity index (χ0v) is 19.8. The van der Waals surface area contributed by atoms with Gasteiger partial charge in [0.2, 0.25) is 5.82 Å². The topological polar surface area (TPSA) is 63.4 Å². The van der Waals surface area contributed by atoms with Crippen molar-refractivity contribution in [1.82, 2.24) is 20.4 Å². The third-order valence-corrected chi connectivity index (χ3v) is 7.33. The molecule has 0 bridgehead atoms. The number of aromatic nitrogens is 2. The van der Waals surface area contributed by atoms with Crippen molar-refractivity contribution in [1.29, 1.82) is 0 Å². The van der Waals surface area contributed by atoms with Gasteiger partial charge in [-0.2, -0.15) is 4.98 Å². The number of ether oxygens (including phenoxy) is 1. The Balaban J connectivity index is 1.56. The van der Waals surface area contributed by atoms with Crippen LogP contribution in [0.4, 0.5) is 0 Å². The summed E-state index contributed by atoms with van der Waals surface area (Å²) in [6.07, 6.45) is 3.32. The lowest BCUT2D eigenvalue weighted by Crippen LogP contribution is -2.48. The lowest BCUT2D eigenvalue weighted by Gasteiger charge is -2.38. The van der Waals surface area contributed by atoms with E-state index in [1.807, 2.05) is 17.5 Å².